The highest BCUT2D eigenvalue weighted by Gasteiger charge is 2.11. The van der Waals surface area contributed by atoms with Crippen molar-refractivity contribution in [1.82, 2.24) is 10.3 Å². The second-order valence-corrected chi connectivity index (χ2v) is 6.16. The summed E-state index contributed by atoms with van der Waals surface area (Å²) in [6.07, 6.45) is 2.80. The summed E-state index contributed by atoms with van der Waals surface area (Å²) in [6.45, 7) is 0.523. The van der Waals surface area contributed by atoms with Crippen LogP contribution in [0.1, 0.15) is 28.2 Å². The van der Waals surface area contributed by atoms with Crippen molar-refractivity contribution in [3.8, 4) is 0 Å². The number of aromatic nitrogens is 1. The van der Waals surface area contributed by atoms with Crippen molar-refractivity contribution >= 4 is 34.6 Å². The fourth-order valence-corrected chi connectivity index (χ4v) is 2.79. The van der Waals surface area contributed by atoms with Crippen LogP contribution in [0, 0.1) is 0 Å². The van der Waals surface area contributed by atoms with E-state index >= 15 is 0 Å². The molecule has 2 rings (SSSR count). The highest BCUT2D eigenvalue weighted by molar-refractivity contribution is 7.18. The maximum Gasteiger partial charge on any atom is 0.220 e. The van der Waals surface area contributed by atoms with E-state index in [2.05, 4.69) is 10.3 Å². The van der Waals surface area contributed by atoms with Crippen molar-refractivity contribution in [1.29, 1.82) is 0 Å². The van der Waals surface area contributed by atoms with Gasteiger partial charge in [-0.3, -0.25) is 14.6 Å². The van der Waals surface area contributed by atoms with Gasteiger partial charge in [-0.1, -0.05) is 17.7 Å². The van der Waals surface area contributed by atoms with Gasteiger partial charge in [0.1, 0.15) is 0 Å². The average molecular weight is 323 g/mol. The Bertz CT molecular complexity index is 613. The van der Waals surface area contributed by atoms with Gasteiger partial charge in [-0.05, 0) is 24.3 Å². The maximum absolute atomic E-state index is 11.8. The van der Waals surface area contributed by atoms with Gasteiger partial charge in [0.25, 0.3) is 0 Å². The molecule has 21 heavy (non-hydrogen) atoms. The second kappa shape index (κ2) is 7.90. The van der Waals surface area contributed by atoms with Gasteiger partial charge in [-0.2, -0.15) is 0 Å². The number of halogens is 1. The van der Waals surface area contributed by atoms with Crippen LogP contribution in [0.3, 0.4) is 0 Å². The lowest BCUT2D eigenvalue weighted by atomic mass is 10.2. The zero-order valence-electron chi connectivity index (χ0n) is 11.3. The van der Waals surface area contributed by atoms with Crippen LogP contribution in [0.2, 0.25) is 4.34 Å². The van der Waals surface area contributed by atoms with Gasteiger partial charge in [-0.25, -0.2) is 0 Å². The van der Waals surface area contributed by atoms with Crippen molar-refractivity contribution in [2.24, 2.45) is 0 Å². The van der Waals surface area contributed by atoms with E-state index in [4.69, 9.17) is 11.6 Å². The highest BCUT2D eigenvalue weighted by atomic mass is 35.5. The molecule has 0 spiro atoms. The second-order valence-electron chi connectivity index (χ2n) is 4.45. The smallest absolute Gasteiger partial charge is 0.220 e. The van der Waals surface area contributed by atoms with Crippen molar-refractivity contribution in [3.63, 3.8) is 0 Å². The Kier molecular flexibility index (Phi) is 5.90. The van der Waals surface area contributed by atoms with E-state index in [0.717, 1.165) is 5.69 Å². The third-order valence-corrected chi connectivity index (χ3v) is 4.13. The number of hydrogen-bond donors (Lipinski definition) is 1. The first-order chi connectivity index (χ1) is 10.1. The van der Waals surface area contributed by atoms with Crippen molar-refractivity contribution in [2.45, 2.75) is 19.3 Å². The minimum Gasteiger partial charge on any atom is -0.356 e. The molecule has 110 valence electrons. The summed E-state index contributed by atoms with van der Waals surface area (Å²) in [7, 11) is 0. The molecule has 2 aromatic heterocycles. The molecule has 0 aliphatic heterocycles. The molecule has 0 fully saturated rings. The Balaban J connectivity index is 1.67. The Hall–Kier alpha value is -1.72. The summed E-state index contributed by atoms with van der Waals surface area (Å²) in [5.41, 5.74) is 0.933. The number of ketones is 1. The maximum atomic E-state index is 11.8. The molecule has 2 aromatic rings. The molecule has 0 bridgehead atoms. The molecule has 6 heteroatoms. The van der Waals surface area contributed by atoms with Gasteiger partial charge in [0, 0.05) is 37.7 Å². The van der Waals surface area contributed by atoms with Crippen molar-refractivity contribution < 1.29 is 9.59 Å². The number of nitrogens with zero attached hydrogens (tertiary/aromatic N) is 1. The van der Waals surface area contributed by atoms with Crippen molar-refractivity contribution in [3.05, 3.63) is 51.4 Å². The third kappa shape index (κ3) is 5.28. The summed E-state index contributed by atoms with van der Waals surface area (Å²) in [6, 6.07) is 9.05. The van der Waals surface area contributed by atoms with Crippen LogP contribution in [0.25, 0.3) is 0 Å². The van der Waals surface area contributed by atoms with E-state index in [1.807, 2.05) is 18.2 Å². The van der Waals surface area contributed by atoms with E-state index in [1.165, 1.54) is 11.3 Å². The fraction of sp³-hybridized carbons (Fsp3) is 0.267. The number of hydrogen-bond acceptors (Lipinski definition) is 4. The Morgan fingerprint density at radius 1 is 1.19 bits per heavy atom. The SMILES string of the molecule is O=C(CCC(=O)c1ccc(Cl)s1)NCCc1ccccn1. The number of amides is 1. The van der Waals surface area contributed by atoms with Crippen LogP contribution in [-0.4, -0.2) is 23.2 Å². The predicted molar refractivity (Wildman–Crippen MR) is 83.8 cm³/mol. The Labute approximate surface area is 132 Å². The molecule has 0 unspecified atom stereocenters. The number of carbonyl (C=O) groups is 2. The molecule has 0 aromatic carbocycles. The lowest BCUT2D eigenvalue weighted by molar-refractivity contribution is -0.121. The number of nitrogens with one attached hydrogen (secondary N) is 1. The van der Waals surface area contributed by atoms with Gasteiger partial charge in [0.2, 0.25) is 5.91 Å². The molecule has 0 saturated carbocycles. The predicted octanol–water partition coefficient (Wildman–Crippen LogP) is 3.12. The minimum atomic E-state index is -0.123. The molecule has 0 aliphatic carbocycles. The van der Waals surface area contributed by atoms with Gasteiger partial charge in [0.15, 0.2) is 5.78 Å². The monoisotopic (exact) mass is 322 g/mol. The first kappa shape index (κ1) is 15.7. The number of Topliss-reactive ketones (excluding diaryl/α,β-unsaturated/α-hetero) is 1. The summed E-state index contributed by atoms with van der Waals surface area (Å²) in [5.74, 6) is -0.172. The fourth-order valence-electron chi connectivity index (χ4n) is 1.78. The Morgan fingerprint density at radius 2 is 2.05 bits per heavy atom. The topological polar surface area (TPSA) is 59.1 Å². The van der Waals surface area contributed by atoms with E-state index < -0.39 is 0 Å². The number of thiophene rings is 1. The van der Waals surface area contributed by atoms with Gasteiger partial charge >= 0.3 is 0 Å². The zero-order valence-corrected chi connectivity index (χ0v) is 12.9. The Morgan fingerprint density at radius 3 is 2.71 bits per heavy atom. The quantitative estimate of drug-likeness (QED) is 0.797. The lowest BCUT2D eigenvalue weighted by Gasteiger charge is -2.04. The molecular weight excluding hydrogens is 308 g/mol. The summed E-state index contributed by atoms with van der Waals surface area (Å²) in [5, 5.41) is 2.79. The largest absolute Gasteiger partial charge is 0.356 e. The van der Waals surface area contributed by atoms with Crippen LogP contribution in [0.4, 0.5) is 0 Å². The summed E-state index contributed by atoms with van der Waals surface area (Å²) >= 11 is 7.01. The molecule has 0 radical (unpaired) electrons. The molecule has 1 amide bonds. The summed E-state index contributed by atoms with van der Waals surface area (Å²) in [4.78, 5) is 28.3. The lowest BCUT2D eigenvalue weighted by Crippen LogP contribution is -2.26. The van der Waals surface area contributed by atoms with Crippen LogP contribution >= 0.6 is 22.9 Å². The van der Waals surface area contributed by atoms with E-state index in [-0.39, 0.29) is 24.5 Å². The average Bonchev–Trinajstić information content (AvgIpc) is 2.92. The van der Waals surface area contributed by atoms with Crippen LogP contribution < -0.4 is 5.32 Å². The standard InChI is InChI=1S/C15H15ClN2O2S/c16-14-6-5-13(21-14)12(19)4-7-15(20)18-10-8-11-3-1-2-9-17-11/h1-3,5-6,9H,4,7-8,10H2,(H,18,20). The first-order valence-electron chi connectivity index (χ1n) is 6.60. The molecular formula is C15H15ClN2O2S. The van der Waals surface area contributed by atoms with Gasteiger partial charge < -0.3 is 5.32 Å². The number of rotatable bonds is 7. The van der Waals surface area contributed by atoms with Crippen LogP contribution in [0.15, 0.2) is 36.5 Å². The van der Waals surface area contributed by atoms with Crippen LogP contribution in [0.5, 0.6) is 0 Å². The number of carbonyl (C=O) groups excluding carboxylic acids is 2. The van der Waals surface area contributed by atoms with E-state index in [1.54, 1.807) is 18.3 Å². The highest BCUT2D eigenvalue weighted by Crippen LogP contribution is 2.22. The van der Waals surface area contributed by atoms with Crippen molar-refractivity contribution in [2.75, 3.05) is 6.54 Å². The molecule has 0 saturated heterocycles. The first-order valence-corrected chi connectivity index (χ1v) is 7.80. The van der Waals surface area contributed by atoms with E-state index in [0.29, 0.717) is 22.2 Å². The third-order valence-electron chi connectivity index (χ3n) is 2.86. The molecule has 0 aliphatic rings. The van der Waals surface area contributed by atoms with Gasteiger partial charge in [0.05, 0.1) is 9.21 Å². The minimum absolute atomic E-state index is 0.0493. The van der Waals surface area contributed by atoms with Crippen LogP contribution in [-0.2, 0) is 11.2 Å². The summed E-state index contributed by atoms with van der Waals surface area (Å²) < 4.78 is 0.582. The normalized spacial score (nSPS) is 10.3. The van der Waals surface area contributed by atoms with E-state index in [9.17, 15) is 9.59 Å². The molecule has 1 N–H and O–H groups in total. The van der Waals surface area contributed by atoms with Gasteiger partial charge in [-0.15, -0.1) is 11.3 Å². The molecule has 0 atom stereocenters. The number of pyridine rings is 1. The molecule has 4 nitrogen and oxygen atoms in total. The zero-order chi connectivity index (χ0) is 15.1. The molecule has 2 heterocycles.